The number of halogens is 1. The van der Waals surface area contributed by atoms with Gasteiger partial charge < -0.3 is 19.8 Å². The van der Waals surface area contributed by atoms with Crippen LogP contribution >= 0.6 is 0 Å². The topological polar surface area (TPSA) is 97.6 Å². The first-order valence-corrected chi connectivity index (χ1v) is 9.09. The van der Waals surface area contributed by atoms with Gasteiger partial charge in [-0.3, -0.25) is 9.59 Å². The predicted octanol–water partition coefficient (Wildman–Crippen LogP) is 3.71. The van der Waals surface area contributed by atoms with E-state index >= 15 is 0 Å². The molecule has 2 aromatic carbocycles. The third-order valence-electron chi connectivity index (χ3n) is 4.21. The summed E-state index contributed by atoms with van der Waals surface area (Å²) in [5, 5.41) is 5.30. The lowest BCUT2D eigenvalue weighted by molar-refractivity contribution is -0.124. The second-order valence-electron chi connectivity index (χ2n) is 6.43. The van der Waals surface area contributed by atoms with Crippen molar-refractivity contribution in [3.63, 3.8) is 0 Å². The Hall–Kier alpha value is -3.94. The average Bonchev–Trinajstić information content (AvgIpc) is 3.28. The van der Waals surface area contributed by atoms with Crippen molar-refractivity contribution in [1.29, 1.82) is 0 Å². The fourth-order valence-corrected chi connectivity index (χ4v) is 2.62. The molecule has 0 unspecified atom stereocenters. The Morgan fingerprint density at radius 3 is 2.37 bits per heavy atom. The van der Waals surface area contributed by atoms with E-state index in [1.54, 1.807) is 25.1 Å². The van der Waals surface area contributed by atoms with Crippen LogP contribution in [0.15, 0.2) is 71.3 Å². The SMILES string of the molecule is C[C@H](NC(=O)COC(=O)c1ccc(NC(=O)c2ccco2)cc1)c1ccc(F)cc1. The quantitative estimate of drug-likeness (QED) is 0.579. The number of benzene rings is 2. The zero-order valence-electron chi connectivity index (χ0n) is 16.1. The van der Waals surface area contributed by atoms with Crippen LogP contribution in [0.25, 0.3) is 0 Å². The highest BCUT2D eigenvalue weighted by Gasteiger charge is 2.14. The van der Waals surface area contributed by atoms with Crippen molar-refractivity contribution in [3.8, 4) is 0 Å². The van der Waals surface area contributed by atoms with Crippen LogP contribution < -0.4 is 10.6 Å². The average molecular weight is 410 g/mol. The van der Waals surface area contributed by atoms with E-state index in [9.17, 15) is 18.8 Å². The van der Waals surface area contributed by atoms with Crippen LogP contribution in [0.4, 0.5) is 10.1 Å². The molecular formula is C22H19FN2O5. The summed E-state index contributed by atoms with van der Waals surface area (Å²) in [6.07, 6.45) is 1.39. The minimum atomic E-state index is -0.677. The molecule has 8 heteroatoms. The van der Waals surface area contributed by atoms with Gasteiger partial charge in [-0.15, -0.1) is 0 Å². The van der Waals surface area contributed by atoms with Crippen LogP contribution in [0.1, 0.15) is 39.4 Å². The van der Waals surface area contributed by atoms with E-state index in [0.29, 0.717) is 5.69 Å². The van der Waals surface area contributed by atoms with E-state index in [0.717, 1.165) is 5.56 Å². The van der Waals surface area contributed by atoms with Gasteiger partial charge in [0.2, 0.25) is 0 Å². The lowest BCUT2D eigenvalue weighted by Gasteiger charge is -2.14. The van der Waals surface area contributed by atoms with Crippen LogP contribution in [-0.4, -0.2) is 24.4 Å². The molecule has 1 atom stereocenters. The first kappa shape index (κ1) is 20.8. The fraction of sp³-hybridized carbons (Fsp3) is 0.136. The molecule has 3 aromatic rings. The Labute approximate surface area is 171 Å². The maximum absolute atomic E-state index is 13.0. The second-order valence-corrected chi connectivity index (χ2v) is 6.43. The maximum atomic E-state index is 13.0. The number of nitrogens with one attached hydrogen (secondary N) is 2. The Kier molecular flexibility index (Phi) is 6.59. The van der Waals surface area contributed by atoms with Crippen LogP contribution in [0.2, 0.25) is 0 Å². The molecule has 0 saturated heterocycles. The molecule has 0 aliphatic rings. The largest absolute Gasteiger partial charge is 0.459 e. The molecule has 1 aromatic heterocycles. The van der Waals surface area contributed by atoms with Crippen LogP contribution in [0.3, 0.4) is 0 Å². The lowest BCUT2D eigenvalue weighted by atomic mass is 10.1. The summed E-state index contributed by atoms with van der Waals surface area (Å²) in [7, 11) is 0. The molecule has 0 fully saturated rings. The number of furan rings is 1. The summed E-state index contributed by atoms with van der Waals surface area (Å²) in [6.45, 7) is 1.28. The van der Waals surface area contributed by atoms with Gasteiger partial charge in [0.1, 0.15) is 5.82 Å². The molecule has 0 radical (unpaired) electrons. The fourth-order valence-electron chi connectivity index (χ4n) is 2.62. The first-order chi connectivity index (χ1) is 14.4. The lowest BCUT2D eigenvalue weighted by Crippen LogP contribution is -2.31. The van der Waals surface area contributed by atoms with Crippen LogP contribution in [0, 0.1) is 5.82 Å². The van der Waals surface area contributed by atoms with Crippen molar-refractivity contribution in [3.05, 3.63) is 89.6 Å². The summed E-state index contributed by atoms with van der Waals surface area (Å²) >= 11 is 0. The standard InChI is InChI=1S/C22H19FN2O5/c1-14(15-4-8-17(23)9-5-15)24-20(26)13-30-22(28)16-6-10-18(11-7-16)25-21(27)19-3-2-12-29-19/h2-12,14H,13H2,1H3,(H,24,26)(H,25,27)/t14-/m0/s1. The highest BCUT2D eigenvalue weighted by atomic mass is 19.1. The summed E-state index contributed by atoms with van der Waals surface area (Å²) < 4.78 is 23.0. The molecule has 7 nitrogen and oxygen atoms in total. The zero-order valence-corrected chi connectivity index (χ0v) is 16.1. The molecule has 3 rings (SSSR count). The van der Waals surface area contributed by atoms with Crippen LogP contribution in [0.5, 0.6) is 0 Å². The van der Waals surface area contributed by atoms with Gasteiger partial charge >= 0.3 is 5.97 Å². The number of ether oxygens (including phenoxy) is 1. The summed E-state index contributed by atoms with van der Waals surface area (Å²) in [5.74, 6) is -1.77. The van der Waals surface area contributed by atoms with Gasteiger partial charge in [-0.2, -0.15) is 0 Å². The number of anilines is 1. The Bertz CT molecular complexity index is 1010. The molecule has 0 bridgehead atoms. The third kappa shape index (κ3) is 5.54. The van der Waals surface area contributed by atoms with Gasteiger partial charge in [0.15, 0.2) is 12.4 Å². The van der Waals surface area contributed by atoms with Crippen molar-refractivity contribution in [2.45, 2.75) is 13.0 Å². The van der Waals surface area contributed by atoms with E-state index in [-0.39, 0.29) is 23.2 Å². The van der Waals surface area contributed by atoms with Gasteiger partial charge in [0.25, 0.3) is 11.8 Å². The van der Waals surface area contributed by atoms with Crippen molar-refractivity contribution in [2.75, 3.05) is 11.9 Å². The van der Waals surface area contributed by atoms with Gasteiger partial charge in [-0.1, -0.05) is 12.1 Å². The molecule has 1 heterocycles. The smallest absolute Gasteiger partial charge is 0.338 e. The highest BCUT2D eigenvalue weighted by molar-refractivity contribution is 6.02. The molecule has 0 saturated carbocycles. The van der Waals surface area contributed by atoms with E-state index in [1.165, 1.54) is 48.7 Å². The Balaban J connectivity index is 1.47. The minimum absolute atomic E-state index is 0.166. The number of esters is 1. The molecule has 2 N–H and O–H groups in total. The third-order valence-corrected chi connectivity index (χ3v) is 4.21. The van der Waals surface area contributed by atoms with Gasteiger partial charge in [-0.25, -0.2) is 9.18 Å². The molecular weight excluding hydrogens is 391 g/mol. The maximum Gasteiger partial charge on any atom is 0.338 e. The molecule has 0 aliphatic carbocycles. The summed E-state index contributed by atoms with van der Waals surface area (Å²) in [5.41, 5.74) is 1.42. The zero-order chi connectivity index (χ0) is 21.5. The summed E-state index contributed by atoms with van der Waals surface area (Å²) in [4.78, 5) is 36.0. The highest BCUT2D eigenvalue weighted by Crippen LogP contribution is 2.14. The molecule has 0 aliphatic heterocycles. The van der Waals surface area contributed by atoms with E-state index in [2.05, 4.69) is 10.6 Å². The molecule has 30 heavy (non-hydrogen) atoms. The Morgan fingerprint density at radius 2 is 1.73 bits per heavy atom. The van der Waals surface area contributed by atoms with E-state index < -0.39 is 24.4 Å². The number of hydrogen-bond donors (Lipinski definition) is 2. The van der Waals surface area contributed by atoms with Crippen LogP contribution in [-0.2, 0) is 9.53 Å². The molecule has 154 valence electrons. The van der Waals surface area contributed by atoms with Crippen molar-refractivity contribution < 1.29 is 27.9 Å². The monoisotopic (exact) mass is 410 g/mol. The number of carbonyl (C=O) groups is 3. The van der Waals surface area contributed by atoms with E-state index in [1.807, 2.05) is 0 Å². The van der Waals surface area contributed by atoms with Gasteiger partial charge in [0, 0.05) is 5.69 Å². The molecule has 0 spiro atoms. The Morgan fingerprint density at radius 1 is 1.03 bits per heavy atom. The molecule has 2 amide bonds. The second kappa shape index (κ2) is 9.51. The van der Waals surface area contributed by atoms with E-state index in [4.69, 9.17) is 9.15 Å². The minimum Gasteiger partial charge on any atom is -0.459 e. The normalized spacial score (nSPS) is 11.4. The number of amides is 2. The first-order valence-electron chi connectivity index (χ1n) is 9.09. The number of hydrogen-bond acceptors (Lipinski definition) is 5. The van der Waals surface area contributed by atoms with Crippen molar-refractivity contribution in [1.82, 2.24) is 5.32 Å². The van der Waals surface area contributed by atoms with Gasteiger partial charge in [-0.05, 0) is 61.0 Å². The predicted molar refractivity (Wildman–Crippen MR) is 106 cm³/mol. The number of carbonyl (C=O) groups excluding carboxylic acids is 3. The van der Waals surface area contributed by atoms with Crippen molar-refractivity contribution >= 4 is 23.5 Å². The van der Waals surface area contributed by atoms with Crippen molar-refractivity contribution in [2.24, 2.45) is 0 Å². The number of rotatable bonds is 7. The van der Waals surface area contributed by atoms with Gasteiger partial charge in [0.05, 0.1) is 17.9 Å². The summed E-state index contributed by atoms with van der Waals surface area (Å²) in [6, 6.07) is 14.5.